The van der Waals surface area contributed by atoms with E-state index < -0.39 is 11.8 Å². The molecule has 3 aromatic carbocycles. The Bertz CT molecular complexity index is 1310. The number of methoxy groups -OCH3 is 3. The van der Waals surface area contributed by atoms with E-state index in [-0.39, 0.29) is 11.3 Å². The van der Waals surface area contributed by atoms with Gasteiger partial charge in [-0.05, 0) is 43.7 Å². The first-order valence-corrected chi connectivity index (χ1v) is 10.7. The number of amides is 2. The summed E-state index contributed by atoms with van der Waals surface area (Å²) in [6.45, 7) is 3.84. The van der Waals surface area contributed by atoms with Crippen LogP contribution in [0, 0.1) is 13.8 Å². The third-order valence-electron chi connectivity index (χ3n) is 5.72. The molecule has 0 radical (unpaired) electrons. The zero-order chi connectivity index (χ0) is 24.4. The number of carbonyl (C=O) groups is 2. The largest absolute Gasteiger partial charge is 0.497 e. The molecule has 0 unspecified atom stereocenters. The van der Waals surface area contributed by atoms with Crippen LogP contribution in [0.4, 0.5) is 11.4 Å². The van der Waals surface area contributed by atoms with Crippen molar-refractivity contribution in [1.29, 1.82) is 0 Å². The fourth-order valence-electron chi connectivity index (χ4n) is 4.07. The third-order valence-corrected chi connectivity index (χ3v) is 5.72. The van der Waals surface area contributed by atoms with Crippen molar-refractivity contribution in [2.45, 2.75) is 13.8 Å². The van der Waals surface area contributed by atoms with Crippen molar-refractivity contribution in [2.24, 2.45) is 0 Å². The van der Waals surface area contributed by atoms with Crippen LogP contribution in [-0.2, 0) is 9.59 Å². The molecule has 1 aliphatic heterocycles. The van der Waals surface area contributed by atoms with Gasteiger partial charge in [-0.25, -0.2) is 4.90 Å². The molecule has 0 aromatic heterocycles. The van der Waals surface area contributed by atoms with Crippen LogP contribution in [0.15, 0.2) is 66.4 Å². The molecule has 7 nitrogen and oxygen atoms in total. The van der Waals surface area contributed by atoms with Gasteiger partial charge in [0.05, 0.1) is 38.3 Å². The second-order valence-electron chi connectivity index (χ2n) is 7.88. The van der Waals surface area contributed by atoms with Gasteiger partial charge in [-0.15, -0.1) is 0 Å². The van der Waals surface area contributed by atoms with Gasteiger partial charge in [0.1, 0.15) is 22.9 Å². The van der Waals surface area contributed by atoms with Gasteiger partial charge >= 0.3 is 0 Å². The Morgan fingerprint density at radius 1 is 0.765 bits per heavy atom. The highest BCUT2D eigenvalue weighted by molar-refractivity contribution is 6.46. The molecule has 7 heteroatoms. The molecule has 0 saturated heterocycles. The van der Waals surface area contributed by atoms with Gasteiger partial charge in [0.2, 0.25) is 0 Å². The summed E-state index contributed by atoms with van der Waals surface area (Å²) in [4.78, 5) is 28.8. The summed E-state index contributed by atoms with van der Waals surface area (Å²) in [5, 5.41) is 3.15. The number of hydrogen-bond acceptors (Lipinski definition) is 6. The van der Waals surface area contributed by atoms with Gasteiger partial charge in [0.25, 0.3) is 11.8 Å². The van der Waals surface area contributed by atoms with E-state index in [0.29, 0.717) is 34.2 Å². The number of rotatable bonds is 7. The lowest BCUT2D eigenvalue weighted by Gasteiger charge is -2.18. The standard InChI is InChI=1S/C27H26N2O5/c1-16-10-12-21(17(2)14-16)29-26(30)24(19-8-6-7-9-22(19)33-4)25(27(29)31)28-20-15-18(32-3)11-13-23(20)34-5/h6-15,28H,1-5H3. The number of anilines is 2. The van der Waals surface area contributed by atoms with Crippen LogP contribution in [0.3, 0.4) is 0 Å². The number of benzene rings is 3. The Balaban J connectivity index is 1.91. The minimum atomic E-state index is -0.470. The second kappa shape index (κ2) is 9.31. The molecule has 0 bridgehead atoms. The average molecular weight is 459 g/mol. The summed E-state index contributed by atoms with van der Waals surface area (Å²) in [7, 11) is 4.62. The molecule has 174 valence electrons. The van der Waals surface area contributed by atoms with Gasteiger partial charge < -0.3 is 19.5 Å². The number of nitrogens with zero attached hydrogens (tertiary/aromatic N) is 1. The summed E-state index contributed by atoms with van der Waals surface area (Å²) in [5.41, 5.74) is 3.74. The SMILES string of the molecule is COc1ccc(OC)c(NC2=C(c3ccccc3OC)C(=O)N(c3ccc(C)cc3C)C2=O)c1. The van der Waals surface area contributed by atoms with Crippen molar-refractivity contribution in [2.75, 3.05) is 31.5 Å². The monoisotopic (exact) mass is 458 g/mol. The highest BCUT2D eigenvalue weighted by atomic mass is 16.5. The fraction of sp³-hybridized carbons (Fsp3) is 0.185. The molecule has 1 heterocycles. The van der Waals surface area contributed by atoms with Crippen LogP contribution in [-0.4, -0.2) is 33.1 Å². The van der Waals surface area contributed by atoms with Crippen molar-refractivity contribution in [3.8, 4) is 17.2 Å². The van der Waals surface area contributed by atoms with E-state index in [9.17, 15) is 9.59 Å². The average Bonchev–Trinajstić information content (AvgIpc) is 3.08. The number of ether oxygens (including phenoxy) is 3. The topological polar surface area (TPSA) is 77.1 Å². The minimum absolute atomic E-state index is 0.126. The number of carbonyl (C=O) groups excluding carboxylic acids is 2. The number of nitrogens with one attached hydrogen (secondary N) is 1. The van der Waals surface area contributed by atoms with Gasteiger partial charge in [-0.3, -0.25) is 9.59 Å². The molecule has 1 aliphatic rings. The van der Waals surface area contributed by atoms with E-state index in [2.05, 4.69) is 5.32 Å². The van der Waals surface area contributed by atoms with Gasteiger partial charge in [-0.2, -0.15) is 0 Å². The Kier molecular flexibility index (Phi) is 6.27. The maximum Gasteiger partial charge on any atom is 0.282 e. The number of aryl methyl sites for hydroxylation is 2. The summed E-state index contributed by atoms with van der Waals surface area (Å²) >= 11 is 0. The molecular formula is C27H26N2O5. The molecule has 0 spiro atoms. The minimum Gasteiger partial charge on any atom is -0.497 e. The molecule has 0 aliphatic carbocycles. The predicted molar refractivity (Wildman–Crippen MR) is 131 cm³/mol. The zero-order valence-corrected chi connectivity index (χ0v) is 19.8. The van der Waals surface area contributed by atoms with Gasteiger partial charge in [0, 0.05) is 11.6 Å². The number of imide groups is 1. The molecule has 1 N–H and O–H groups in total. The van der Waals surface area contributed by atoms with E-state index >= 15 is 0 Å². The number of hydrogen-bond donors (Lipinski definition) is 1. The Hall–Kier alpha value is -4.26. The summed E-state index contributed by atoms with van der Waals surface area (Å²) in [5.74, 6) is 0.648. The van der Waals surface area contributed by atoms with E-state index in [1.54, 1.807) is 49.6 Å². The molecule has 2 amide bonds. The molecular weight excluding hydrogens is 432 g/mol. The van der Waals surface area contributed by atoms with Gasteiger partial charge in [-0.1, -0.05) is 35.9 Å². The first-order chi connectivity index (χ1) is 16.4. The van der Waals surface area contributed by atoms with Crippen molar-refractivity contribution < 1.29 is 23.8 Å². The summed E-state index contributed by atoms with van der Waals surface area (Å²) < 4.78 is 16.3. The van der Waals surface area contributed by atoms with Crippen molar-refractivity contribution in [3.63, 3.8) is 0 Å². The lowest BCUT2D eigenvalue weighted by atomic mass is 10.0. The Labute approximate surface area is 198 Å². The van der Waals surface area contributed by atoms with E-state index in [4.69, 9.17) is 14.2 Å². The van der Waals surface area contributed by atoms with Crippen molar-refractivity contribution in [3.05, 3.63) is 83.1 Å². The molecule has 4 rings (SSSR count). The lowest BCUT2D eigenvalue weighted by molar-refractivity contribution is -0.120. The normalized spacial score (nSPS) is 13.4. The van der Waals surface area contributed by atoms with Crippen LogP contribution >= 0.6 is 0 Å². The van der Waals surface area contributed by atoms with Crippen LogP contribution in [0.1, 0.15) is 16.7 Å². The maximum absolute atomic E-state index is 13.8. The quantitative estimate of drug-likeness (QED) is 0.516. The predicted octanol–water partition coefficient (Wildman–Crippen LogP) is 4.73. The van der Waals surface area contributed by atoms with Crippen LogP contribution in [0.2, 0.25) is 0 Å². The maximum atomic E-state index is 13.8. The highest BCUT2D eigenvalue weighted by Crippen LogP contribution is 2.40. The molecule has 0 fully saturated rings. The van der Waals surface area contributed by atoms with E-state index in [1.165, 1.54) is 19.1 Å². The molecule has 0 atom stereocenters. The van der Waals surface area contributed by atoms with Crippen molar-refractivity contribution in [1.82, 2.24) is 0 Å². The molecule has 3 aromatic rings. The number of para-hydroxylation sites is 1. The van der Waals surface area contributed by atoms with Crippen LogP contribution in [0.5, 0.6) is 17.2 Å². The summed E-state index contributed by atoms with van der Waals surface area (Å²) in [6, 6.07) is 17.9. The highest BCUT2D eigenvalue weighted by Gasteiger charge is 2.42. The molecule has 34 heavy (non-hydrogen) atoms. The Morgan fingerprint density at radius 2 is 1.50 bits per heavy atom. The zero-order valence-electron chi connectivity index (χ0n) is 19.8. The third kappa shape index (κ3) is 3.96. The van der Waals surface area contributed by atoms with Crippen LogP contribution in [0.25, 0.3) is 5.57 Å². The van der Waals surface area contributed by atoms with E-state index in [0.717, 1.165) is 11.1 Å². The smallest absolute Gasteiger partial charge is 0.282 e. The van der Waals surface area contributed by atoms with E-state index in [1.807, 2.05) is 32.0 Å². The fourth-order valence-corrected chi connectivity index (χ4v) is 4.07. The summed E-state index contributed by atoms with van der Waals surface area (Å²) in [6.07, 6.45) is 0. The Morgan fingerprint density at radius 3 is 2.18 bits per heavy atom. The first-order valence-electron chi connectivity index (χ1n) is 10.7. The lowest BCUT2D eigenvalue weighted by Crippen LogP contribution is -2.33. The van der Waals surface area contributed by atoms with Crippen molar-refractivity contribution >= 4 is 28.8 Å². The van der Waals surface area contributed by atoms with Gasteiger partial charge in [0.15, 0.2) is 0 Å². The van der Waals surface area contributed by atoms with Crippen LogP contribution < -0.4 is 24.4 Å². The molecule has 0 saturated carbocycles. The second-order valence-corrected chi connectivity index (χ2v) is 7.88. The first kappa shape index (κ1) is 22.9.